The van der Waals surface area contributed by atoms with Crippen molar-refractivity contribution in [3.63, 3.8) is 0 Å². The molecule has 0 spiro atoms. The fraction of sp³-hybridized carbons (Fsp3) is 0.306. The highest BCUT2D eigenvalue weighted by atomic mass is 19.4. The van der Waals surface area contributed by atoms with Crippen LogP contribution in [0.5, 0.6) is 0 Å². The standard InChI is InChI=1S/C36H31F6NO3/c1-31(2,3)45-30(44)43-29-19-9-8-18-28(29)33(22-23-12-6-5-7-13-23)32(43,4)46-34(33,24-14-10-16-26(20-24)35(37,38)39)25-15-11-17-27(21-25)36(40,41)42/h5-21H,22H2,1-4H3/t32-,33-/m1/s1. The molecule has 0 unspecified atom stereocenters. The molecule has 2 atom stereocenters. The maximum atomic E-state index is 14.2. The van der Waals surface area contributed by atoms with Crippen molar-refractivity contribution in [3.8, 4) is 0 Å². The second-order valence-corrected chi connectivity index (χ2v) is 12.8. The minimum atomic E-state index is -4.75. The molecular weight excluding hydrogens is 608 g/mol. The SMILES string of the molecule is CC(C)(C)OC(=O)N1c2ccccc2[C@@]2(Cc3ccccc3)C(c3cccc(C(F)(F)F)c3)(c3cccc(C(F)(F)F)c3)O[C@@]12C. The number of halogens is 6. The van der Waals surface area contributed by atoms with E-state index in [1.165, 1.54) is 29.2 Å². The number of amides is 1. The largest absolute Gasteiger partial charge is 0.443 e. The zero-order valence-corrected chi connectivity index (χ0v) is 25.5. The van der Waals surface area contributed by atoms with E-state index in [0.717, 1.165) is 29.8 Å². The van der Waals surface area contributed by atoms with Crippen molar-refractivity contribution in [1.82, 2.24) is 0 Å². The number of alkyl halides is 6. The first-order chi connectivity index (χ1) is 21.4. The number of anilines is 1. The Bertz CT molecular complexity index is 1740. The number of carbonyl (C=O) groups excluding carboxylic acids is 1. The van der Waals surface area contributed by atoms with Gasteiger partial charge in [-0.05, 0) is 86.7 Å². The van der Waals surface area contributed by atoms with Crippen LogP contribution in [-0.4, -0.2) is 17.4 Å². The quantitative estimate of drug-likeness (QED) is 0.209. The van der Waals surface area contributed by atoms with Gasteiger partial charge in [-0.3, -0.25) is 0 Å². The number of hydrogen-bond acceptors (Lipinski definition) is 3. The molecule has 2 aliphatic rings. The van der Waals surface area contributed by atoms with E-state index >= 15 is 0 Å². The maximum absolute atomic E-state index is 14.2. The van der Waals surface area contributed by atoms with E-state index in [0.29, 0.717) is 11.3 Å². The monoisotopic (exact) mass is 639 g/mol. The molecule has 6 rings (SSSR count). The summed E-state index contributed by atoms with van der Waals surface area (Å²) in [5, 5.41) is 0. The van der Waals surface area contributed by atoms with Crippen molar-refractivity contribution in [2.45, 2.75) is 68.8 Å². The maximum Gasteiger partial charge on any atom is 0.417 e. The van der Waals surface area contributed by atoms with Gasteiger partial charge in [-0.2, -0.15) is 26.3 Å². The number of hydrogen-bond donors (Lipinski definition) is 0. The second kappa shape index (κ2) is 10.4. The molecule has 0 aliphatic carbocycles. The number of carbonyl (C=O) groups is 1. The van der Waals surface area contributed by atoms with E-state index in [9.17, 15) is 31.1 Å². The van der Waals surface area contributed by atoms with Gasteiger partial charge in [0.1, 0.15) is 11.2 Å². The Hall–Kier alpha value is -4.31. The van der Waals surface area contributed by atoms with Gasteiger partial charge in [0.25, 0.3) is 0 Å². The molecule has 2 heterocycles. The number of fused-ring (bicyclic) bond motifs is 3. The number of para-hydroxylation sites is 1. The summed E-state index contributed by atoms with van der Waals surface area (Å²) in [6.45, 7) is 6.73. The van der Waals surface area contributed by atoms with Gasteiger partial charge in [-0.1, -0.05) is 72.8 Å². The van der Waals surface area contributed by atoms with Crippen LogP contribution in [0.1, 0.15) is 61.1 Å². The van der Waals surface area contributed by atoms with Gasteiger partial charge in [0, 0.05) is 0 Å². The molecule has 1 fully saturated rings. The third kappa shape index (κ3) is 4.68. The molecule has 0 saturated carbocycles. The summed E-state index contributed by atoms with van der Waals surface area (Å²) in [6, 6.07) is 24.9. The normalized spacial score (nSPS) is 22.1. The molecule has 0 radical (unpaired) electrons. The van der Waals surface area contributed by atoms with Crippen molar-refractivity contribution >= 4 is 11.8 Å². The number of benzene rings is 4. The van der Waals surface area contributed by atoms with Crippen molar-refractivity contribution in [2.24, 2.45) is 0 Å². The molecule has 4 nitrogen and oxygen atoms in total. The Balaban J connectivity index is 1.73. The fourth-order valence-electron chi connectivity index (χ4n) is 7.16. The highest BCUT2D eigenvalue weighted by Crippen LogP contribution is 2.73. The Morgan fingerprint density at radius 3 is 1.78 bits per heavy atom. The lowest BCUT2D eigenvalue weighted by molar-refractivity contribution is -0.317. The van der Waals surface area contributed by atoms with Gasteiger partial charge in [0.15, 0.2) is 5.72 Å². The lowest BCUT2D eigenvalue weighted by Gasteiger charge is -2.68. The Kier molecular flexibility index (Phi) is 7.13. The first-order valence-corrected chi connectivity index (χ1v) is 14.7. The van der Waals surface area contributed by atoms with E-state index in [-0.39, 0.29) is 17.5 Å². The number of ether oxygens (including phenoxy) is 2. The van der Waals surface area contributed by atoms with Gasteiger partial charge >= 0.3 is 18.4 Å². The van der Waals surface area contributed by atoms with Crippen molar-refractivity contribution in [2.75, 3.05) is 4.90 Å². The van der Waals surface area contributed by atoms with E-state index in [1.54, 1.807) is 70.2 Å². The highest BCUT2D eigenvalue weighted by Gasteiger charge is 2.82. The average molecular weight is 640 g/mol. The number of rotatable bonds is 4. The summed E-state index contributed by atoms with van der Waals surface area (Å²) in [6.07, 6.45) is -10.2. The van der Waals surface area contributed by atoms with Gasteiger partial charge in [0.05, 0.1) is 22.2 Å². The van der Waals surface area contributed by atoms with Crippen LogP contribution in [0.4, 0.5) is 36.8 Å². The average Bonchev–Trinajstić information content (AvgIpc) is 3.14. The molecule has 1 saturated heterocycles. The van der Waals surface area contributed by atoms with Crippen LogP contribution in [-0.2, 0) is 39.3 Å². The van der Waals surface area contributed by atoms with Crippen molar-refractivity contribution in [1.29, 1.82) is 0 Å². The summed E-state index contributed by atoms with van der Waals surface area (Å²) >= 11 is 0. The summed E-state index contributed by atoms with van der Waals surface area (Å²) in [5.74, 6) is 0. The van der Waals surface area contributed by atoms with Crippen molar-refractivity contribution < 1.29 is 40.6 Å². The van der Waals surface area contributed by atoms with E-state index in [1.807, 2.05) is 12.1 Å². The lowest BCUT2D eigenvalue weighted by Crippen LogP contribution is -2.80. The summed E-state index contributed by atoms with van der Waals surface area (Å²) in [4.78, 5) is 15.3. The van der Waals surface area contributed by atoms with Crippen LogP contribution in [0.2, 0.25) is 0 Å². The third-order valence-corrected chi connectivity index (χ3v) is 8.86. The molecule has 240 valence electrons. The Morgan fingerprint density at radius 1 is 0.739 bits per heavy atom. The van der Waals surface area contributed by atoms with Crippen LogP contribution in [0.3, 0.4) is 0 Å². The van der Waals surface area contributed by atoms with Crippen LogP contribution < -0.4 is 4.90 Å². The van der Waals surface area contributed by atoms with Crippen molar-refractivity contribution in [3.05, 3.63) is 137 Å². The molecule has 46 heavy (non-hydrogen) atoms. The second-order valence-electron chi connectivity index (χ2n) is 12.8. The molecular formula is C36H31F6NO3. The summed E-state index contributed by atoms with van der Waals surface area (Å²) in [7, 11) is 0. The summed E-state index contributed by atoms with van der Waals surface area (Å²) in [5.41, 5.74) is -6.24. The first kappa shape index (κ1) is 31.7. The van der Waals surface area contributed by atoms with Gasteiger partial charge in [-0.15, -0.1) is 0 Å². The minimum Gasteiger partial charge on any atom is -0.443 e. The lowest BCUT2D eigenvalue weighted by atomic mass is 9.51. The number of nitrogens with zero attached hydrogens (tertiary/aromatic N) is 1. The zero-order chi connectivity index (χ0) is 33.3. The topological polar surface area (TPSA) is 38.8 Å². The Morgan fingerprint density at radius 2 is 1.26 bits per heavy atom. The first-order valence-electron chi connectivity index (χ1n) is 14.7. The Labute approximate surface area is 262 Å². The third-order valence-electron chi connectivity index (χ3n) is 8.86. The molecule has 0 N–H and O–H groups in total. The van der Waals surface area contributed by atoms with Crippen LogP contribution in [0.15, 0.2) is 103 Å². The molecule has 4 aromatic rings. The predicted octanol–water partition coefficient (Wildman–Crippen LogP) is 9.65. The highest BCUT2D eigenvalue weighted by molar-refractivity contribution is 5.95. The van der Waals surface area contributed by atoms with Gasteiger partial charge in [0.2, 0.25) is 0 Å². The molecule has 1 amide bonds. The molecule has 4 aromatic carbocycles. The molecule has 2 aliphatic heterocycles. The zero-order valence-electron chi connectivity index (χ0n) is 25.5. The molecule has 10 heteroatoms. The smallest absolute Gasteiger partial charge is 0.417 e. The molecule has 0 aromatic heterocycles. The van der Waals surface area contributed by atoms with Crippen LogP contribution >= 0.6 is 0 Å². The molecule has 0 bridgehead atoms. The van der Waals surface area contributed by atoms with Crippen LogP contribution in [0.25, 0.3) is 0 Å². The predicted molar refractivity (Wildman–Crippen MR) is 160 cm³/mol. The van der Waals surface area contributed by atoms with Gasteiger partial charge in [-0.25, -0.2) is 9.69 Å². The summed E-state index contributed by atoms with van der Waals surface area (Å²) < 4.78 is 97.8. The van der Waals surface area contributed by atoms with Gasteiger partial charge < -0.3 is 9.47 Å². The van der Waals surface area contributed by atoms with E-state index in [4.69, 9.17) is 9.47 Å². The van der Waals surface area contributed by atoms with E-state index < -0.39 is 51.9 Å². The van der Waals surface area contributed by atoms with E-state index in [2.05, 4.69) is 0 Å². The minimum absolute atomic E-state index is 0.00380. The fourth-order valence-corrected chi connectivity index (χ4v) is 7.16. The van der Waals surface area contributed by atoms with Crippen LogP contribution in [0, 0.1) is 0 Å².